The Morgan fingerprint density at radius 2 is 1.93 bits per heavy atom. The van der Waals surface area contributed by atoms with Gasteiger partial charge in [-0.1, -0.05) is 45.4 Å². The summed E-state index contributed by atoms with van der Waals surface area (Å²) in [5.74, 6) is 3.39. The lowest BCUT2D eigenvalue weighted by atomic mass is 9.55. The molecule has 0 spiro atoms. The van der Waals surface area contributed by atoms with E-state index in [-0.39, 0.29) is 11.6 Å². The Balaban J connectivity index is 1.58. The third-order valence-corrected chi connectivity index (χ3v) is 13.4. The number of hydrogen-bond donors (Lipinski definition) is 1. The van der Waals surface area contributed by atoms with Crippen LogP contribution in [0.15, 0.2) is 29.8 Å². The van der Waals surface area contributed by atoms with Crippen LogP contribution in [0.1, 0.15) is 76.8 Å². The molecule has 4 rings (SSSR count). The van der Waals surface area contributed by atoms with Gasteiger partial charge in [-0.15, -0.1) is 0 Å². The van der Waals surface area contributed by atoms with E-state index < -0.39 is 8.32 Å². The van der Waals surface area contributed by atoms with Gasteiger partial charge in [0.2, 0.25) is 8.32 Å². The smallest absolute Gasteiger partial charge is 0.250 e. The molecule has 1 N–H and O–H groups in total. The van der Waals surface area contributed by atoms with Crippen LogP contribution in [0, 0.1) is 17.3 Å². The molecule has 3 aliphatic carbocycles. The van der Waals surface area contributed by atoms with E-state index in [1.165, 1.54) is 49.7 Å². The van der Waals surface area contributed by atoms with E-state index in [9.17, 15) is 5.11 Å². The van der Waals surface area contributed by atoms with Crippen molar-refractivity contribution in [2.75, 3.05) is 6.61 Å². The lowest BCUT2D eigenvalue weighted by Gasteiger charge is -2.49. The van der Waals surface area contributed by atoms with Gasteiger partial charge in [-0.25, -0.2) is 0 Å². The first-order valence-corrected chi connectivity index (χ1v) is 14.6. The van der Waals surface area contributed by atoms with Crippen molar-refractivity contribution < 1.29 is 9.53 Å². The average Bonchev–Trinajstić information content (AvgIpc) is 2.97. The number of benzene rings is 1. The molecule has 4 atom stereocenters. The van der Waals surface area contributed by atoms with Crippen LogP contribution in [0.25, 0.3) is 0 Å². The maximum Gasteiger partial charge on any atom is 0.250 e. The highest BCUT2D eigenvalue weighted by Gasteiger charge is 2.52. The molecule has 0 aliphatic heterocycles. The number of rotatable bonds is 3. The van der Waals surface area contributed by atoms with Crippen molar-refractivity contribution in [1.82, 2.24) is 0 Å². The van der Waals surface area contributed by atoms with E-state index in [1.54, 1.807) is 5.56 Å². The molecule has 2 saturated carbocycles. The highest BCUT2D eigenvalue weighted by molar-refractivity contribution is 6.74. The molecule has 0 saturated heterocycles. The van der Waals surface area contributed by atoms with Crippen LogP contribution >= 0.6 is 0 Å². The molecule has 2 fully saturated rings. The second-order valence-electron chi connectivity index (χ2n) is 11.5. The molecule has 0 bridgehead atoms. The molecule has 160 valence electrons. The van der Waals surface area contributed by atoms with Crippen LogP contribution in [-0.2, 0) is 6.42 Å². The molecule has 3 aliphatic rings. The van der Waals surface area contributed by atoms with Crippen LogP contribution in [0.4, 0.5) is 0 Å². The molecular formula is C26H40O2Si. The zero-order valence-electron chi connectivity index (χ0n) is 19.3. The fourth-order valence-corrected chi connectivity index (χ4v) is 7.39. The summed E-state index contributed by atoms with van der Waals surface area (Å²) in [7, 11) is -1.80. The van der Waals surface area contributed by atoms with Crippen LogP contribution in [-0.4, -0.2) is 20.0 Å². The predicted octanol–water partition coefficient (Wildman–Crippen LogP) is 6.85. The van der Waals surface area contributed by atoms with Crippen molar-refractivity contribution in [3.63, 3.8) is 0 Å². The molecule has 1 aromatic carbocycles. The van der Waals surface area contributed by atoms with Crippen LogP contribution in [0.5, 0.6) is 5.75 Å². The van der Waals surface area contributed by atoms with E-state index in [1.807, 2.05) is 0 Å². The second-order valence-corrected chi connectivity index (χ2v) is 16.3. The molecule has 0 amide bonds. The highest BCUT2D eigenvalue weighted by atomic mass is 28.4. The number of aliphatic hydroxyl groups is 1. The van der Waals surface area contributed by atoms with Gasteiger partial charge in [0.15, 0.2) is 0 Å². The summed E-state index contributed by atoms with van der Waals surface area (Å²) in [6.07, 6.45) is 9.68. The Bertz CT molecular complexity index is 803. The maximum absolute atomic E-state index is 9.47. The topological polar surface area (TPSA) is 29.5 Å². The van der Waals surface area contributed by atoms with Gasteiger partial charge in [0, 0.05) is 0 Å². The first-order chi connectivity index (χ1) is 13.6. The largest absolute Gasteiger partial charge is 0.543 e. The number of aliphatic hydroxyl groups excluding tert-OH is 1. The summed E-state index contributed by atoms with van der Waals surface area (Å²) in [5.41, 5.74) is 5.00. The van der Waals surface area contributed by atoms with Crippen molar-refractivity contribution in [2.24, 2.45) is 17.3 Å². The lowest BCUT2D eigenvalue weighted by molar-refractivity contribution is 0.0810. The summed E-state index contributed by atoms with van der Waals surface area (Å²) in [4.78, 5) is 0. The van der Waals surface area contributed by atoms with E-state index in [0.717, 1.165) is 17.6 Å². The molecule has 0 aromatic heterocycles. The van der Waals surface area contributed by atoms with Crippen LogP contribution in [0.2, 0.25) is 18.1 Å². The fourth-order valence-electron chi connectivity index (χ4n) is 6.36. The van der Waals surface area contributed by atoms with Gasteiger partial charge in [0.1, 0.15) is 5.75 Å². The van der Waals surface area contributed by atoms with E-state index in [0.29, 0.717) is 11.3 Å². The summed E-state index contributed by atoms with van der Waals surface area (Å²) in [6.45, 7) is 14.3. The van der Waals surface area contributed by atoms with E-state index >= 15 is 0 Å². The van der Waals surface area contributed by atoms with E-state index in [4.69, 9.17) is 4.43 Å². The maximum atomic E-state index is 9.47. The molecular weight excluding hydrogens is 372 g/mol. The van der Waals surface area contributed by atoms with Crippen molar-refractivity contribution >= 4 is 8.32 Å². The number of allylic oxidation sites excluding steroid dienone is 1. The minimum atomic E-state index is -1.80. The van der Waals surface area contributed by atoms with E-state index in [2.05, 4.69) is 65.1 Å². The van der Waals surface area contributed by atoms with Crippen molar-refractivity contribution in [1.29, 1.82) is 0 Å². The molecule has 0 radical (unpaired) electrons. The Kier molecular flexibility index (Phi) is 5.31. The number of fused-ring (bicyclic) bond motifs is 5. The van der Waals surface area contributed by atoms with Crippen molar-refractivity contribution in [2.45, 2.75) is 90.3 Å². The number of aryl methyl sites for hydroxylation is 1. The van der Waals surface area contributed by atoms with Crippen molar-refractivity contribution in [3.8, 4) is 5.75 Å². The third-order valence-electron chi connectivity index (χ3n) is 9.06. The monoisotopic (exact) mass is 412 g/mol. The average molecular weight is 413 g/mol. The molecule has 3 unspecified atom stereocenters. The summed E-state index contributed by atoms with van der Waals surface area (Å²) >= 11 is 0. The van der Waals surface area contributed by atoms with Gasteiger partial charge in [-0.2, -0.15) is 0 Å². The third kappa shape index (κ3) is 3.52. The Hall–Kier alpha value is -1.06. The van der Waals surface area contributed by atoms with Gasteiger partial charge < -0.3 is 9.53 Å². The van der Waals surface area contributed by atoms with Crippen LogP contribution < -0.4 is 4.43 Å². The summed E-state index contributed by atoms with van der Waals surface area (Å²) in [5, 5.41) is 9.69. The Morgan fingerprint density at radius 1 is 1.17 bits per heavy atom. The zero-order valence-corrected chi connectivity index (χ0v) is 20.3. The molecule has 2 nitrogen and oxygen atoms in total. The van der Waals surface area contributed by atoms with Gasteiger partial charge in [-0.3, -0.25) is 0 Å². The first kappa shape index (κ1) is 21.2. The van der Waals surface area contributed by atoms with Crippen LogP contribution in [0.3, 0.4) is 0 Å². The molecule has 29 heavy (non-hydrogen) atoms. The second kappa shape index (κ2) is 7.27. The SMILES string of the molecule is CC(C)(C)[Si](C)(C)Oc1ccc2c(c1)CCC1C2CC[C@]2(C)C(=CCO)CCC12. The first-order valence-electron chi connectivity index (χ1n) is 11.7. The molecule has 3 heteroatoms. The fraction of sp³-hybridized carbons (Fsp3) is 0.692. The zero-order chi connectivity index (χ0) is 21.0. The Morgan fingerprint density at radius 3 is 2.62 bits per heavy atom. The summed E-state index contributed by atoms with van der Waals surface area (Å²) in [6, 6.07) is 7.02. The van der Waals surface area contributed by atoms with Crippen molar-refractivity contribution in [3.05, 3.63) is 41.0 Å². The molecule has 0 heterocycles. The van der Waals surface area contributed by atoms with Gasteiger partial charge in [0.05, 0.1) is 6.61 Å². The minimum Gasteiger partial charge on any atom is -0.543 e. The number of hydrogen-bond acceptors (Lipinski definition) is 2. The predicted molar refractivity (Wildman–Crippen MR) is 124 cm³/mol. The highest BCUT2D eigenvalue weighted by Crippen LogP contribution is 2.62. The quantitative estimate of drug-likeness (QED) is 0.435. The van der Waals surface area contributed by atoms with Gasteiger partial charge in [-0.05, 0) is 103 Å². The normalized spacial score (nSPS) is 33.2. The lowest BCUT2D eigenvalue weighted by Crippen LogP contribution is -2.44. The van der Waals surface area contributed by atoms with Gasteiger partial charge in [0.25, 0.3) is 0 Å². The minimum absolute atomic E-state index is 0.200. The molecule has 1 aromatic rings. The standard InChI is InChI=1S/C26H40O2Si/c1-25(2,3)29(5,6)28-20-9-11-21-18(17-20)7-10-23-22(21)13-15-26(4)19(14-16-27)8-12-24(23)26/h9,11,14,17,22-24,27H,7-8,10,12-13,15-16H2,1-6H3/t22?,23?,24?,26-/m1/s1. The Labute approximate surface area is 178 Å². The summed E-state index contributed by atoms with van der Waals surface area (Å²) < 4.78 is 6.60. The van der Waals surface area contributed by atoms with Gasteiger partial charge >= 0.3 is 0 Å².